The van der Waals surface area contributed by atoms with E-state index in [9.17, 15) is 9.18 Å². The minimum atomic E-state index is -0.465. The minimum Gasteiger partial charge on any atom is -0.494 e. The summed E-state index contributed by atoms with van der Waals surface area (Å²) in [4.78, 5) is 26.9. The summed E-state index contributed by atoms with van der Waals surface area (Å²) in [6.07, 6.45) is 2.00. The van der Waals surface area contributed by atoms with Crippen molar-refractivity contribution in [1.29, 1.82) is 0 Å². The van der Waals surface area contributed by atoms with Gasteiger partial charge < -0.3 is 14.9 Å². The van der Waals surface area contributed by atoms with Crippen LogP contribution in [0.15, 0.2) is 46.6 Å². The highest BCUT2D eigenvalue weighted by Crippen LogP contribution is 2.28. The number of thioether (sulfide) groups is 1. The van der Waals surface area contributed by atoms with Gasteiger partial charge in [0, 0.05) is 13.0 Å². The van der Waals surface area contributed by atoms with Crippen LogP contribution >= 0.6 is 11.8 Å². The second-order valence-corrected chi connectivity index (χ2v) is 8.00. The smallest absolute Gasteiger partial charge is 0.270 e. The van der Waals surface area contributed by atoms with Crippen molar-refractivity contribution >= 4 is 23.4 Å². The van der Waals surface area contributed by atoms with Gasteiger partial charge in [-0.15, -0.1) is 16.9 Å². The van der Waals surface area contributed by atoms with E-state index < -0.39 is 5.82 Å². The number of aryl methyl sites for hydroxylation is 1. The van der Waals surface area contributed by atoms with Crippen LogP contribution < -0.4 is 10.1 Å². The van der Waals surface area contributed by atoms with Crippen LogP contribution in [0.25, 0.3) is 0 Å². The molecule has 1 unspecified atom stereocenters. The number of benzene rings is 1. The van der Waals surface area contributed by atoms with Crippen molar-refractivity contribution in [2.24, 2.45) is 5.16 Å². The molecule has 3 heterocycles. The third-order valence-electron chi connectivity index (χ3n) is 4.90. The topological polar surface area (TPSA) is 111 Å². The Morgan fingerprint density at radius 2 is 2.09 bits per heavy atom. The van der Waals surface area contributed by atoms with E-state index in [1.807, 2.05) is 18.4 Å². The largest absolute Gasteiger partial charge is 0.494 e. The highest BCUT2D eigenvalue weighted by atomic mass is 32.2. The Labute approximate surface area is 193 Å². The van der Waals surface area contributed by atoms with Crippen molar-refractivity contribution in [3.05, 3.63) is 70.7 Å². The Hall–Kier alpha value is -3.60. The lowest BCUT2D eigenvalue weighted by atomic mass is 10.1. The summed E-state index contributed by atoms with van der Waals surface area (Å²) in [6, 6.07) is 9.71. The first kappa shape index (κ1) is 22.6. The molecule has 1 N–H and O–H groups in total. The van der Waals surface area contributed by atoms with E-state index in [2.05, 4.69) is 30.6 Å². The van der Waals surface area contributed by atoms with Crippen molar-refractivity contribution in [1.82, 2.24) is 25.5 Å². The first-order valence-electron chi connectivity index (χ1n) is 10.0. The molecule has 1 aromatic carbocycles. The molecule has 0 fully saturated rings. The number of rotatable bonds is 7. The zero-order chi connectivity index (χ0) is 23.4. The molecule has 1 atom stereocenters. The third kappa shape index (κ3) is 5.25. The van der Waals surface area contributed by atoms with Gasteiger partial charge in [0.2, 0.25) is 0 Å². The molecule has 4 rings (SSSR count). The van der Waals surface area contributed by atoms with E-state index in [1.165, 1.54) is 31.0 Å². The van der Waals surface area contributed by atoms with E-state index in [4.69, 9.17) is 9.57 Å². The summed E-state index contributed by atoms with van der Waals surface area (Å²) in [7, 11) is 1.39. The molecule has 0 saturated heterocycles. The molecule has 3 aromatic rings. The maximum absolute atomic E-state index is 13.6. The Balaban J connectivity index is 1.44. The van der Waals surface area contributed by atoms with Gasteiger partial charge in [-0.3, -0.25) is 4.79 Å². The predicted octanol–water partition coefficient (Wildman–Crippen LogP) is 3.24. The van der Waals surface area contributed by atoms with Gasteiger partial charge in [0.1, 0.15) is 27.9 Å². The fourth-order valence-electron chi connectivity index (χ4n) is 3.22. The van der Waals surface area contributed by atoms with E-state index in [1.54, 1.807) is 19.1 Å². The van der Waals surface area contributed by atoms with Crippen molar-refractivity contribution < 1.29 is 18.8 Å². The highest BCUT2D eigenvalue weighted by molar-refractivity contribution is 7.98. The van der Waals surface area contributed by atoms with E-state index in [-0.39, 0.29) is 30.0 Å². The zero-order valence-electron chi connectivity index (χ0n) is 18.2. The number of carbonyl (C=O) groups excluding carboxylic acids is 1. The number of hydrogen-bond donors (Lipinski definition) is 1. The molecule has 0 bridgehead atoms. The molecule has 0 radical (unpaired) electrons. The summed E-state index contributed by atoms with van der Waals surface area (Å²) in [5, 5.41) is 16.1. The van der Waals surface area contributed by atoms with Crippen molar-refractivity contribution in [3.63, 3.8) is 0 Å². The van der Waals surface area contributed by atoms with Gasteiger partial charge in [-0.05, 0) is 49.1 Å². The number of nitrogens with one attached hydrogen (secondary N) is 1. The molecule has 0 saturated carbocycles. The number of oxime groups is 1. The monoisotopic (exact) mass is 468 g/mol. The lowest BCUT2D eigenvalue weighted by molar-refractivity contribution is 0.0817. The standard InChI is InChI=1S/C22H21FN6O3S/c1-12-25-16(17-10-20(32-29-17)15-6-7-21(33-3)28-27-15)9-18(26-12)22(30)24-11-13-4-5-14(23)19(8-13)31-2/h4-9,20H,10-11H2,1-3H3,(H,24,30). The minimum absolute atomic E-state index is 0.114. The highest BCUT2D eigenvalue weighted by Gasteiger charge is 2.27. The lowest BCUT2D eigenvalue weighted by Gasteiger charge is -2.09. The van der Waals surface area contributed by atoms with Gasteiger partial charge in [-0.25, -0.2) is 14.4 Å². The Bertz CT molecular complexity index is 1210. The van der Waals surface area contributed by atoms with Crippen molar-refractivity contribution in [2.75, 3.05) is 13.4 Å². The van der Waals surface area contributed by atoms with E-state index >= 15 is 0 Å². The maximum atomic E-state index is 13.6. The Morgan fingerprint density at radius 3 is 2.82 bits per heavy atom. The van der Waals surface area contributed by atoms with Gasteiger partial charge in [-0.1, -0.05) is 11.2 Å². The number of methoxy groups -OCH3 is 1. The van der Waals surface area contributed by atoms with Crippen LogP contribution in [0.4, 0.5) is 4.39 Å². The molecular formula is C22H21FN6O3S. The molecule has 170 valence electrons. The lowest BCUT2D eigenvalue weighted by Crippen LogP contribution is -2.25. The summed E-state index contributed by atoms with van der Waals surface area (Å²) in [6.45, 7) is 1.89. The quantitative estimate of drug-likeness (QED) is 0.526. The van der Waals surface area contributed by atoms with Crippen molar-refractivity contribution in [3.8, 4) is 5.75 Å². The predicted molar refractivity (Wildman–Crippen MR) is 120 cm³/mol. The number of carbonyl (C=O) groups is 1. The summed E-state index contributed by atoms with van der Waals surface area (Å²) < 4.78 is 18.6. The third-order valence-corrected chi connectivity index (χ3v) is 5.54. The molecule has 1 amide bonds. The molecule has 1 aliphatic rings. The average molecular weight is 469 g/mol. The SMILES string of the molecule is COc1cc(CNC(=O)c2cc(C3=NOC(c4ccc(SC)nn4)C3)nc(C)n2)ccc1F. The van der Waals surface area contributed by atoms with Crippen LogP contribution in [-0.4, -0.2) is 45.1 Å². The molecule has 0 spiro atoms. The summed E-state index contributed by atoms with van der Waals surface area (Å²) in [5.74, 6) is -0.313. The molecule has 1 aliphatic heterocycles. The number of amides is 1. The van der Waals surface area contributed by atoms with Crippen LogP contribution in [0.5, 0.6) is 5.75 Å². The fourth-order valence-corrected chi connectivity index (χ4v) is 3.54. The first-order chi connectivity index (χ1) is 16.0. The van der Waals surface area contributed by atoms with Crippen LogP contribution in [0.3, 0.4) is 0 Å². The Morgan fingerprint density at radius 1 is 1.24 bits per heavy atom. The molecule has 2 aromatic heterocycles. The van der Waals surface area contributed by atoms with E-state index in [0.717, 1.165) is 5.03 Å². The summed E-state index contributed by atoms with van der Waals surface area (Å²) >= 11 is 1.51. The van der Waals surface area contributed by atoms with Crippen LogP contribution in [0, 0.1) is 12.7 Å². The van der Waals surface area contributed by atoms with Gasteiger partial charge in [-0.2, -0.15) is 5.10 Å². The normalized spacial score (nSPS) is 15.0. The van der Waals surface area contributed by atoms with Crippen molar-refractivity contribution in [2.45, 2.75) is 31.0 Å². The van der Waals surface area contributed by atoms with Gasteiger partial charge in [0.05, 0.1) is 12.8 Å². The van der Waals surface area contributed by atoms with Crippen LogP contribution in [-0.2, 0) is 11.4 Å². The number of ether oxygens (including phenoxy) is 1. The van der Waals surface area contributed by atoms with Crippen LogP contribution in [0.2, 0.25) is 0 Å². The number of halogens is 1. The summed E-state index contributed by atoms with van der Waals surface area (Å²) in [5.41, 5.74) is 2.66. The zero-order valence-corrected chi connectivity index (χ0v) is 19.0. The molecule has 33 heavy (non-hydrogen) atoms. The van der Waals surface area contributed by atoms with E-state index in [0.29, 0.717) is 34.9 Å². The number of hydrogen-bond acceptors (Lipinski definition) is 9. The number of nitrogens with zero attached hydrogens (tertiary/aromatic N) is 5. The fraction of sp³-hybridized carbons (Fsp3) is 0.273. The molecular weight excluding hydrogens is 447 g/mol. The molecule has 0 aliphatic carbocycles. The average Bonchev–Trinajstić information content (AvgIpc) is 3.33. The van der Waals surface area contributed by atoms with Gasteiger partial charge >= 0.3 is 0 Å². The van der Waals surface area contributed by atoms with Gasteiger partial charge in [0.15, 0.2) is 17.7 Å². The maximum Gasteiger partial charge on any atom is 0.270 e. The Kier molecular flexibility index (Phi) is 6.78. The molecule has 11 heteroatoms. The first-order valence-corrected chi connectivity index (χ1v) is 11.3. The van der Waals surface area contributed by atoms with Crippen LogP contribution in [0.1, 0.15) is 45.8 Å². The number of aromatic nitrogens is 4. The van der Waals surface area contributed by atoms with Gasteiger partial charge in [0.25, 0.3) is 5.91 Å². The second-order valence-electron chi connectivity index (χ2n) is 7.17. The second kappa shape index (κ2) is 9.90. The molecule has 9 nitrogen and oxygen atoms in total.